The number of esters is 1. The third-order valence-electron chi connectivity index (χ3n) is 2.59. The topological polar surface area (TPSA) is 77.5 Å². The number of thiol groups is 1. The first kappa shape index (κ1) is 34.6. The van der Waals surface area contributed by atoms with Crippen molar-refractivity contribution < 1.29 is 19.1 Å². The average Bonchev–Trinajstić information content (AvgIpc) is 2.58. The number of amides is 1. The van der Waals surface area contributed by atoms with Crippen LogP contribution in [0.3, 0.4) is 0 Å². The van der Waals surface area contributed by atoms with E-state index < -0.39 is 5.60 Å². The van der Waals surface area contributed by atoms with Crippen molar-refractivity contribution in [2.75, 3.05) is 18.1 Å². The van der Waals surface area contributed by atoms with Crippen molar-refractivity contribution in [3.05, 3.63) is 24.4 Å². The monoisotopic (exact) mass is 494 g/mol. The van der Waals surface area contributed by atoms with Crippen LogP contribution in [0.1, 0.15) is 69.2 Å². The molecule has 9 heteroatoms. The molecule has 182 valence electrons. The van der Waals surface area contributed by atoms with Gasteiger partial charge in [-0.3, -0.25) is 4.79 Å². The summed E-state index contributed by atoms with van der Waals surface area (Å²) in [6.45, 7) is 11.7. The normalized spacial score (nSPS) is 10.4. The molecule has 0 aliphatic carbocycles. The van der Waals surface area contributed by atoms with Gasteiger partial charge < -0.3 is 14.8 Å². The van der Waals surface area contributed by atoms with Crippen LogP contribution in [0.4, 0.5) is 4.79 Å². The van der Waals surface area contributed by atoms with Gasteiger partial charge in [0.25, 0.3) is 0 Å². The van der Waals surface area contributed by atoms with Crippen LogP contribution in [-0.2, 0) is 14.3 Å². The van der Waals surface area contributed by atoms with E-state index in [0.717, 1.165) is 17.2 Å². The lowest BCUT2D eigenvalue weighted by Gasteiger charge is -2.19. The molecule has 1 amide bonds. The number of carbonyl (C=O) groups is 2. The molecule has 0 aliphatic heterocycles. The van der Waals surface area contributed by atoms with E-state index >= 15 is 0 Å². The fourth-order valence-corrected chi connectivity index (χ4v) is 3.72. The van der Waals surface area contributed by atoms with Gasteiger partial charge in [-0.25, -0.2) is 9.78 Å². The molecule has 0 bridgehead atoms. The van der Waals surface area contributed by atoms with Crippen LogP contribution < -0.4 is 5.32 Å². The van der Waals surface area contributed by atoms with Gasteiger partial charge in [0.15, 0.2) is 0 Å². The van der Waals surface area contributed by atoms with E-state index in [4.69, 9.17) is 9.47 Å². The second kappa shape index (κ2) is 18.5. The van der Waals surface area contributed by atoms with Crippen molar-refractivity contribution in [3.63, 3.8) is 0 Å². The summed E-state index contributed by atoms with van der Waals surface area (Å²) in [5, 5.41) is 3.55. The number of pyridine rings is 1. The SMILES string of the molecule is C.C.CC(C)(C)OC(=O)CCCSSc1ccccn1.CC(C)(C)OC(=O)NCCS. The Hall–Kier alpha value is -1.06. The summed E-state index contributed by atoms with van der Waals surface area (Å²) >= 11 is 3.94. The molecule has 0 spiro atoms. The van der Waals surface area contributed by atoms with Gasteiger partial charge in [0, 0.05) is 30.7 Å². The number of hydrogen-bond donors (Lipinski definition) is 2. The van der Waals surface area contributed by atoms with Crippen molar-refractivity contribution in [2.24, 2.45) is 0 Å². The molecule has 1 aromatic heterocycles. The Morgan fingerprint density at radius 3 is 2.16 bits per heavy atom. The third kappa shape index (κ3) is 25.1. The summed E-state index contributed by atoms with van der Waals surface area (Å²) in [5.74, 6) is 1.42. The summed E-state index contributed by atoms with van der Waals surface area (Å²) in [6.07, 6.45) is 2.71. The van der Waals surface area contributed by atoms with Crippen LogP contribution in [0, 0.1) is 0 Å². The van der Waals surface area contributed by atoms with Crippen molar-refractivity contribution in [1.29, 1.82) is 0 Å². The smallest absolute Gasteiger partial charge is 0.407 e. The van der Waals surface area contributed by atoms with E-state index in [2.05, 4.69) is 22.9 Å². The highest BCUT2D eigenvalue weighted by Crippen LogP contribution is 2.29. The van der Waals surface area contributed by atoms with Crippen LogP contribution in [-0.4, -0.2) is 46.3 Å². The van der Waals surface area contributed by atoms with E-state index in [9.17, 15) is 9.59 Å². The number of alkyl carbamates (subject to hydrolysis) is 1. The molecular weight excluding hydrogens is 452 g/mol. The number of nitrogens with one attached hydrogen (secondary N) is 1. The predicted octanol–water partition coefficient (Wildman–Crippen LogP) is 6.66. The quantitative estimate of drug-likeness (QED) is 0.181. The third-order valence-corrected chi connectivity index (χ3v) is 5.17. The maximum atomic E-state index is 11.4. The zero-order chi connectivity index (χ0) is 22.3. The number of carbonyl (C=O) groups excluding carboxylic acids is 2. The van der Waals surface area contributed by atoms with Crippen molar-refractivity contribution in [1.82, 2.24) is 10.3 Å². The molecule has 0 aliphatic rings. The Bertz CT molecular complexity index is 589. The zero-order valence-corrected chi connectivity index (χ0v) is 20.7. The molecule has 0 aromatic carbocycles. The lowest BCUT2D eigenvalue weighted by molar-refractivity contribution is -0.154. The van der Waals surface area contributed by atoms with Crippen LogP contribution >= 0.6 is 34.2 Å². The number of nitrogens with zero attached hydrogens (tertiary/aromatic N) is 1. The largest absolute Gasteiger partial charge is 0.460 e. The molecule has 1 heterocycles. The summed E-state index contributed by atoms with van der Waals surface area (Å²) in [4.78, 5) is 26.5. The van der Waals surface area contributed by atoms with Gasteiger partial charge in [0.1, 0.15) is 16.2 Å². The maximum Gasteiger partial charge on any atom is 0.407 e. The Balaban J connectivity index is -0.000000528. The minimum absolute atomic E-state index is 0. The van der Waals surface area contributed by atoms with E-state index in [-0.39, 0.29) is 32.5 Å². The standard InChI is InChI=1S/C13H19NO2S2.C7H15NO2S.2CH4/c1-13(2,3)16-12(15)8-6-10-17-18-11-7-4-5-9-14-11;1-7(2,3)10-6(9)8-4-5-11;;/h4-5,7,9H,6,8,10H2,1-3H3;11H,4-5H2,1-3H3,(H,8,9);2*1H4. The van der Waals surface area contributed by atoms with Gasteiger partial charge in [-0.1, -0.05) is 31.7 Å². The molecule has 1 rings (SSSR count). The fourth-order valence-electron chi connectivity index (χ4n) is 1.64. The Morgan fingerprint density at radius 2 is 1.68 bits per heavy atom. The Labute approximate surface area is 203 Å². The van der Waals surface area contributed by atoms with Gasteiger partial charge in [0.2, 0.25) is 0 Å². The molecule has 6 nitrogen and oxygen atoms in total. The first-order chi connectivity index (χ1) is 13.4. The number of rotatable bonds is 8. The van der Waals surface area contributed by atoms with E-state index in [1.807, 2.05) is 59.7 Å². The molecule has 1 N–H and O–H groups in total. The summed E-state index contributed by atoms with van der Waals surface area (Å²) in [5.41, 5.74) is -0.798. The zero-order valence-electron chi connectivity index (χ0n) is 18.2. The van der Waals surface area contributed by atoms with Gasteiger partial charge in [-0.2, -0.15) is 12.6 Å². The van der Waals surface area contributed by atoms with Crippen LogP contribution in [0.15, 0.2) is 29.4 Å². The van der Waals surface area contributed by atoms with Gasteiger partial charge in [-0.15, -0.1) is 0 Å². The van der Waals surface area contributed by atoms with Crippen LogP contribution in [0.2, 0.25) is 0 Å². The van der Waals surface area contributed by atoms with Gasteiger partial charge in [0.05, 0.1) is 0 Å². The second-order valence-electron chi connectivity index (χ2n) is 7.92. The molecule has 0 radical (unpaired) electrons. The van der Waals surface area contributed by atoms with Gasteiger partial charge in [-0.05, 0) is 70.9 Å². The number of aromatic nitrogens is 1. The summed E-state index contributed by atoms with van der Waals surface area (Å²) in [6, 6.07) is 5.85. The lowest BCUT2D eigenvalue weighted by Crippen LogP contribution is -2.33. The molecular formula is C22H42N2O4S3. The molecule has 0 saturated heterocycles. The fraction of sp³-hybridized carbons (Fsp3) is 0.682. The van der Waals surface area contributed by atoms with Crippen LogP contribution in [0.25, 0.3) is 0 Å². The molecule has 0 fully saturated rings. The maximum absolute atomic E-state index is 11.4. The van der Waals surface area contributed by atoms with Crippen molar-refractivity contribution >= 4 is 46.3 Å². The van der Waals surface area contributed by atoms with Gasteiger partial charge >= 0.3 is 12.1 Å². The Morgan fingerprint density at radius 1 is 1.06 bits per heavy atom. The van der Waals surface area contributed by atoms with Crippen LogP contribution in [0.5, 0.6) is 0 Å². The van der Waals surface area contributed by atoms with Crippen molar-refractivity contribution in [2.45, 2.75) is 85.5 Å². The lowest BCUT2D eigenvalue weighted by atomic mass is 10.2. The average molecular weight is 495 g/mol. The first-order valence-corrected chi connectivity index (χ1v) is 12.4. The molecule has 0 saturated carbocycles. The van der Waals surface area contributed by atoms with Crippen molar-refractivity contribution in [3.8, 4) is 0 Å². The molecule has 0 atom stereocenters. The molecule has 0 unspecified atom stereocenters. The van der Waals surface area contributed by atoms with E-state index in [1.165, 1.54) is 0 Å². The minimum Gasteiger partial charge on any atom is -0.460 e. The summed E-state index contributed by atoms with van der Waals surface area (Å²) in [7, 11) is 3.35. The predicted molar refractivity (Wildman–Crippen MR) is 139 cm³/mol. The second-order valence-corrected chi connectivity index (χ2v) is 10.8. The highest BCUT2D eigenvalue weighted by atomic mass is 33.1. The minimum atomic E-state index is -0.416. The summed E-state index contributed by atoms with van der Waals surface area (Å²) < 4.78 is 10.2. The molecule has 31 heavy (non-hydrogen) atoms. The van der Waals surface area contributed by atoms with E-state index in [1.54, 1.807) is 27.8 Å². The highest BCUT2D eigenvalue weighted by molar-refractivity contribution is 8.76. The van der Waals surface area contributed by atoms with E-state index in [0.29, 0.717) is 18.7 Å². The highest BCUT2D eigenvalue weighted by Gasteiger charge is 2.16. The number of hydrogen-bond acceptors (Lipinski definition) is 8. The first-order valence-electron chi connectivity index (χ1n) is 9.43. The Kier molecular flexibility index (Phi) is 20.6. The molecule has 1 aromatic rings. The number of ether oxygens (including phenoxy) is 2.